The predicted octanol–water partition coefficient (Wildman–Crippen LogP) is 2.39. The normalized spacial score (nSPS) is 34.9. The summed E-state index contributed by atoms with van der Waals surface area (Å²) in [4.78, 5) is 0. The molecule has 0 aromatic rings. The fourth-order valence-corrected chi connectivity index (χ4v) is 2.38. The lowest BCUT2D eigenvalue weighted by atomic mass is 10.1. The third kappa shape index (κ3) is 8.25. The Morgan fingerprint density at radius 2 is 1.05 bits per heavy atom. The molecule has 1 saturated heterocycles. The molecule has 0 saturated carbocycles. The third-order valence-electron chi connectivity index (χ3n) is 3.11. The Morgan fingerprint density at radius 3 is 1.43 bits per heavy atom. The summed E-state index contributed by atoms with van der Waals surface area (Å²) in [6.45, 7) is 8.38. The van der Waals surface area contributed by atoms with Crippen molar-refractivity contribution < 1.29 is 23.7 Å². The van der Waals surface area contributed by atoms with Crippen LogP contribution in [-0.2, 0) is 23.7 Å². The average Bonchev–Trinajstić information content (AvgIpc) is 2.49. The van der Waals surface area contributed by atoms with Crippen molar-refractivity contribution in [1.29, 1.82) is 0 Å². The highest BCUT2D eigenvalue weighted by atomic mass is 79.9. The van der Waals surface area contributed by atoms with Crippen molar-refractivity contribution in [2.75, 3.05) is 63.5 Å². The number of ether oxygens (including phenoxy) is 5. The van der Waals surface area contributed by atoms with Crippen LogP contribution in [0.15, 0.2) is 0 Å². The highest BCUT2D eigenvalue weighted by Crippen LogP contribution is 2.19. The van der Waals surface area contributed by atoms with Gasteiger partial charge in [-0.25, -0.2) is 0 Å². The van der Waals surface area contributed by atoms with Crippen LogP contribution in [0.1, 0.15) is 13.8 Å². The molecule has 5 nitrogen and oxygen atoms in total. The smallest absolute Gasteiger partial charge is 0.0984 e. The van der Waals surface area contributed by atoms with Gasteiger partial charge in [0.15, 0.2) is 0 Å². The van der Waals surface area contributed by atoms with Crippen molar-refractivity contribution >= 4 is 31.9 Å². The maximum absolute atomic E-state index is 5.87. The second-order valence-corrected chi connectivity index (χ2v) is 6.70. The zero-order chi connectivity index (χ0) is 15.6. The molecule has 1 aliphatic rings. The minimum Gasteiger partial charge on any atom is -0.377 e. The van der Waals surface area contributed by atoms with Gasteiger partial charge in [-0.05, 0) is 13.8 Å². The van der Waals surface area contributed by atoms with Gasteiger partial charge in [0.2, 0.25) is 0 Å². The second-order valence-electron chi connectivity index (χ2n) is 5.58. The molecule has 0 N–H and O–H groups in total. The van der Waals surface area contributed by atoms with Crippen LogP contribution < -0.4 is 0 Å². The Morgan fingerprint density at radius 1 is 0.667 bits per heavy atom. The predicted molar refractivity (Wildman–Crippen MR) is 88.8 cm³/mol. The summed E-state index contributed by atoms with van der Waals surface area (Å²) in [5.74, 6) is 0. The van der Waals surface area contributed by atoms with Gasteiger partial charge in [0.1, 0.15) is 0 Å². The molecule has 2 atom stereocenters. The van der Waals surface area contributed by atoms with Gasteiger partial charge < -0.3 is 23.7 Å². The number of alkyl halides is 2. The first-order valence-electron chi connectivity index (χ1n) is 7.17. The van der Waals surface area contributed by atoms with E-state index in [1.807, 2.05) is 13.8 Å². The summed E-state index contributed by atoms with van der Waals surface area (Å²) in [7, 11) is 0. The summed E-state index contributed by atoms with van der Waals surface area (Å²) in [6, 6.07) is 0. The third-order valence-corrected chi connectivity index (χ3v) is 5.48. The van der Waals surface area contributed by atoms with Gasteiger partial charge in [0.05, 0.1) is 64.1 Å². The van der Waals surface area contributed by atoms with E-state index in [2.05, 4.69) is 31.9 Å². The first-order chi connectivity index (χ1) is 10.0. The first kappa shape index (κ1) is 19.8. The number of hydrogen-bond donors (Lipinski definition) is 0. The van der Waals surface area contributed by atoms with E-state index in [1.165, 1.54) is 0 Å². The maximum Gasteiger partial charge on any atom is 0.0984 e. The quantitative estimate of drug-likeness (QED) is 0.625. The summed E-state index contributed by atoms with van der Waals surface area (Å²) in [5, 5.41) is 1.41. The Bertz CT molecular complexity index is 256. The minimum absolute atomic E-state index is 0.368. The van der Waals surface area contributed by atoms with Crippen molar-refractivity contribution in [2.24, 2.45) is 0 Å². The molecule has 1 heterocycles. The van der Waals surface area contributed by atoms with E-state index < -0.39 is 0 Å². The molecule has 0 amide bonds. The highest BCUT2D eigenvalue weighted by Gasteiger charge is 2.28. The topological polar surface area (TPSA) is 46.2 Å². The molecule has 0 radical (unpaired) electrons. The molecule has 0 bridgehead atoms. The van der Waals surface area contributed by atoms with Crippen molar-refractivity contribution in [3.05, 3.63) is 0 Å². The van der Waals surface area contributed by atoms with Gasteiger partial charge >= 0.3 is 0 Å². The van der Waals surface area contributed by atoms with Crippen LogP contribution in [0.5, 0.6) is 0 Å². The Hall–Kier alpha value is 0.760. The fraction of sp³-hybridized carbons (Fsp3) is 1.00. The van der Waals surface area contributed by atoms with E-state index in [-0.39, 0.29) is 11.2 Å². The molecule has 126 valence electrons. The summed E-state index contributed by atoms with van der Waals surface area (Å²) >= 11 is 6.97. The van der Waals surface area contributed by atoms with Crippen LogP contribution in [0.25, 0.3) is 0 Å². The van der Waals surface area contributed by atoms with Crippen LogP contribution in [0, 0.1) is 0 Å². The van der Waals surface area contributed by atoms with Crippen LogP contribution in [0.2, 0.25) is 0 Å². The molecule has 0 aromatic carbocycles. The van der Waals surface area contributed by atoms with Gasteiger partial charge in [-0.2, -0.15) is 0 Å². The molecule has 1 fully saturated rings. The molecule has 7 heteroatoms. The molecular formula is C14H26Br2O5. The zero-order valence-electron chi connectivity index (χ0n) is 12.9. The van der Waals surface area contributed by atoms with Crippen LogP contribution in [-0.4, -0.2) is 74.7 Å². The molecule has 0 aromatic heterocycles. The standard InChI is InChI=1S/C14H26Br2O5/c1-13(9-15)11-19-12-14(2,10-16)21-8-6-18-4-3-17-5-7-20-13/h3-12H2,1-2H3/t13-,14+. The largest absolute Gasteiger partial charge is 0.377 e. The van der Waals surface area contributed by atoms with E-state index in [0.717, 1.165) is 0 Å². The Balaban J connectivity index is 2.54. The van der Waals surface area contributed by atoms with Crippen LogP contribution >= 0.6 is 31.9 Å². The summed E-state index contributed by atoms with van der Waals surface area (Å²) in [5.41, 5.74) is -0.736. The number of halogens is 2. The first-order valence-corrected chi connectivity index (χ1v) is 9.41. The van der Waals surface area contributed by atoms with E-state index in [0.29, 0.717) is 63.5 Å². The van der Waals surface area contributed by atoms with Crippen LogP contribution in [0.3, 0.4) is 0 Å². The lowest BCUT2D eigenvalue weighted by molar-refractivity contribution is -0.120. The average molecular weight is 434 g/mol. The highest BCUT2D eigenvalue weighted by molar-refractivity contribution is 9.09. The molecule has 0 spiro atoms. The number of hydrogen-bond acceptors (Lipinski definition) is 5. The maximum atomic E-state index is 5.87. The molecule has 21 heavy (non-hydrogen) atoms. The molecule has 0 aliphatic carbocycles. The molecule has 0 unspecified atom stereocenters. The van der Waals surface area contributed by atoms with E-state index in [9.17, 15) is 0 Å². The van der Waals surface area contributed by atoms with Gasteiger partial charge in [-0.15, -0.1) is 0 Å². The minimum atomic E-state index is -0.368. The molecule has 1 aliphatic heterocycles. The Kier molecular flexibility index (Phi) is 9.92. The summed E-state index contributed by atoms with van der Waals surface area (Å²) in [6.07, 6.45) is 0. The fourth-order valence-electron chi connectivity index (χ4n) is 1.74. The van der Waals surface area contributed by atoms with Gasteiger partial charge in [-0.3, -0.25) is 0 Å². The van der Waals surface area contributed by atoms with Gasteiger partial charge in [-0.1, -0.05) is 31.9 Å². The van der Waals surface area contributed by atoms with E-state index in [1.54, 1.807) is 0 Å². The number of rotatable bonds is 2. The molecule has 1 rings (SSSR count). The van der Waals surface area contributed by atoms with Crippen molar-refractivity contribution in [1.82, 2.24) is 0 Å². The van der Waals surface area contributed by atoms with Crippen molar-refractivity contribution in [3.63, 3.8) is 0 Å². The van der Waals surface area contributed by atoms with E-state index >= 15 is 0 Å². The van der Waals surface area contributed by atoms with E-state index in [4.69, 9.17) is 23.7 Å². The molecular weight excluding hydrogens is 408 g/mol. The lowest BCUT2D eigenvalue weighted by Crippen LogP contribution is -2.42. The van der Waals surface area contributed by atoms with Gasteiger partial charge in [0.25, 0.3) is 0 Å². The Labute approximate surface area is 144 Å². The zero-order valence-corrected chi connectivity index (χ0v) is 16.0. The van der Waals surface area contributed by atoms with Crippen LogP contribution in [0.4, 0.5) is 0 Å². The SMILES string of the molecule is C[C@]1(CBr)COC[C@@](C)(CBr)OCCOCCOCCO1. The van der Waals surface area contributed by atoms with Gasteiger partial charge in [0, 0.05) is 10.7 Å². The monoisotopic (exact) mass is 432 g/mol. The lowest BCUT2D eigenvalue weighted by Gasteiger charge is -2.31. The second kappa shape index (κ2) is 10.5. The summed E-state index contributed by atoms with van der Waals surface area (Å²) < 4.78 is 28.5. The van der Waals surface area contributed by atoms with Crippen molar-refractivity contribution in [2.45, 2.75) is 25.0 Å². The van der Waals surface area contributed by atoms with Crippen molar-refractivity contribution in [3.8, 4) is 0 Å².